The van der Waals surface area contributed by atoms with Gasteiger partial charge in [-0.15, -0.1) is 5.10 Å². The van der Waals surface area contributed by atoms with Crippen LogP contribution in [0, 0.1) is 0 Å². The minimum Gasteiger partial charge on any atom is -0.396 e. The first kappa shape index (κ1) is 8.84. The third kappa shape index (κ3) is 1.38. The molecule has 3 aromatic rings. The van der Waals surface area contributed by atoms with E-state index in [1.54, 1.807) is 16.9 Å². The predicted molar refractivity (Wildman–Crippen MR) is 60.6 cm³/mol. The molecule has 0 aliphatic heterocycles. The first-order valence-corrected chi connectivity index (χ1v) is 4.86. The Balaban J connectivity index is 2.19. The molecule has 16 heavy (non-hydrogen) atoms. The van der Waals surface area contributed by atoms with Gasteiger partial charge >= 0.3 is 0 Å². The highest BCUT2D eigenvalue weighted by atomic mass is 15.3. The van der Waals surface area contributed by atoms with Gasteiger partial charge in [0, 0.05) is 5.56 Å². The fourth-order valence-electron chi connectivity index (χ4n) is 1.51. The molecule has 3 rings (SSSR count). The van der Waals surface area contributed by atoms with Gasteiger partial charge in [-0.2, -0.15) is 4.98 Å². The summed E-state index contributed by atoms with van der Waals surface area (Å²) < 4.78 is 1.58. The molecule has 0 spiro atoms. The molecule has 2 N–H and O–H groups in total. The van der Waals surface area contributed by atoms with E-state index in [-0.39, 0.29) is 0 Å². The van der Waals surface area contributed by atoms with Gasteiger partial charge in [0.05, 0.1) is 18.1 Å². The second-order valence-corrected chi connectivity index (χ2v) is 3.43. The Morgan fingerprint density at radius 3 is 2.75 bits per heavy atom. The Bertz CT molecular complexity index is 629. The van der Waals surface area contributed by atoms with Crippen LogP contribution < -0.4 is 5.73 Å². The number of aromatic nitrogens is 4. The van der Waals surface area contributed by atoms with Crippen molar-refractivity contribution in [2.75, 3.05) is 5.73 Å². The molecular formula is C11H9N5. The van der Waals surface area contributed by atoms with Gasteiger partial charge in [-0.3, -0.25) is 0 Å². The quantitative estimate of drug-likeness (QED) is 0.660. The topological polar surface area (TPSA) is 69.1 Å². The van der Waals surface area contributed by atoms with Crippen LogP contribution in [-0.4, -0.2) is 19.6 Å². The minimum absolute atomic E-state index is 0.549. The number of nitrogens with two attached hydrogens (primary N) is 1. The number of rotatable bonds is 1. The molecule has 1 aromatic carbocycles. The molecule has 5 heteroatoms. The Labute approximate surface area is 91.6 Å². The Morgan fingerprint density at radius 1 is 1.12 bits per heavy atom. The summed E-state index contributed by atoms with van der Waals surface area (Å²) >= 11 is 0. The van der Waals surface area contributed by atoms with E-state index >= 15 is 0 Å². The van der Waals surface area contributed by atoms with Crippen LogP contribution in [0.1, 0.15) is 0 Å². The van der Waals surface area contributed by atoms with E-state index in [4.69, 9.17) is 5.73 Å². The summed E-state index contributed by atoms with van der Waals surface area (Å²) in [6.07, 6.45) is 3.26. The van der Waals surface area contributed by atoms with Gasteiger partial charge in [0.25, 0.3) is 5.78 Å². The van der Waals surface area contributed by atoms with Gasteiger partial charge in [0.15, 0.2) is 5.82 Å². The molecule has 0 radical (unpaired) electrons. The lowest BCUT2D eigenvalue weighted by Crippen LogP contribution is -1.94. The number of hydrogen-bond donors (Lipinski definition) is 1. The summed E-state index contributed by atoms with van der Waals surface area (Å²) in [6, 6.07) is 9.76. The van der Waals surface area contributed by atoms with Crippen LogP contribution in [0.15, 0.2) is 42.7 Å². The molecule has 0 aliphatic carbocycles. The molecule has 78 valence electrons. The first-order valence-electron chi connectivity index (χ1n) is 4.86. The molecule has 0 bridgehead atoms. The number of fused-ring (bicyclic) bond motifs is 1. The summed E-state index contributed by atoms with van der Waals surface area (Å²) in [6.45, 7) is 0. The molecule has 5 nitrogen and oxygen atoms in total. The monoisotopic (exact) mass is 211 g/mol. The second-order valence-electron chi connectivity index (χ2n) is 3.43. The van der Waals surface area contributed by atoms with Crippen molar-refractivity contribution >= 4 is 11.5 Å². The summed E-state index contributed by atoms with van der Waals surface area (Å²) in [5.41, 5.74) is 7.15. The maximum Gasteiger partial charge on any atom is 0.252 e. The zero-order valence-corrected chi connectivity index (χ0v) is 8.41. The lowest BCUT2D eigenvalue weighted by molar-refractivity contribution is 0.945. The molecule has 0 atom stereocenters. The molecular weight excluding hydrogens is 202 g/mol. The van der Waals surface area contributed by atoms with Gasteiger partial charge in [-0.05, 0) is 0 Å². The van der Waals surface area contributed by atoms with E-state index < -0.39 is 0 Å². The van der Waals surface area contributed by atoms with E-state index in [0.717, 1.165) is 5.56 Å². The highest BCUT2D eigenvalue weighted by molar-refractivity contribution is 5.56. The average molecular weight is 211 g/mol. The van der Waals surface area contributed by atoms with E-state index in [0.29, 0.717) is 17.3 Å². The molecule has 0 fully saturated rings. The third-order valence-corrected chi connectivity index (χ3v) is 2.25. The smallest absolute Gasteiger partial charge is 0.252 e. The Morgan fingerprint density at radius 2 is 1.94 bits per heavy atom. The summed E-state index contributed by atoms with van der Waals surface area (Å²) in [4.78, 5) is 8.40. The lowest BCUT2D eigenvalue weighted by atomic mass is 10.2. The summed E-state index contributed by atoms with van der Waals surface area (Å²) in [5, 5.41) is 4.31. The van der Waals surface area contributed by atoms with Crippen molar-refractivity contribution in [3.63, 3.8) is 0 Å². The van der Waals surface area contributed by atoms with Crippen LogP contribution in [0.4, 0.5) is 5.69 Å². The summed E-state index contributed by atoms with van der Waals surface area (Å²) in [7, 11) is 0. The number of nitrogens with zero attached hydrogens (tertiary/aromatic N) is 4. The first-order chi connectivity index (χ1) is 7.83. The van der Waals surface area contributed by atoms with Crippen LogP contribution in [0.3, 0.4) is 0 Å². The van der Waals surface area contributed by atoms with Gasteiger partial charge in [0.1, 0.15) is 0 Å². The molecule has 0 unspecified atom stereocenters. The second kappa shape index (κ2) is 3.30. The minimum atomic E-state index is 0.549. The normalized spacial score (nSPS) is 10.8. The van der Waals surface area contributed by atoms with Crippen molar-refractivity contribution in [3.05, 3.63) is 42.7 Å². The zero-order valence-electron chi connectivity index (χ0n) is 8.41. The van der Waals surface area contributed by atoms with Gasteiger partial charge in [-0.25, -0.2) is 9.50 Å². The highest BCUT2D eigenvalue weighted by Crippen LogP contribution is 2.14. The fraction of sp³-hybridized carbons (Fsp3) is 0. The molecule has 2 aromatic heterocycles. The largest absolute Gasteiger partial charge is 0.396 e. The van der Waals surface area contributed by atoms with Gasteiger partial charge in [-0.1, -0.05) is 30.3 Å². The van der Waals surface area contributed by atoms with E-state index in [1.807, 2.05) is 30.3 Å². The van der Waals surface area contributed by atoms with Crippen molar-refractivity contribution < 1.29 is 0 Å². The summed E-state index contributed by atoms with van der Waals surface area (Å²) in [5.74, 6) is 1.20. The molecule has 0 amide bonds. The number of nitrogen functional groups attached to an aromatic ring is 1. The van der Waals surface area contributed by atoms with Crippen LogP contribution in [0.2, 0.25) is 0 Å². The van der Waals surface area contributed by atoms with E-state index in [2.05, 4.69) is 15.1 Å². The Hall–Kier alpha value is -2.43. The maximum atomic E-state index is 5.62. The lowest BCUT2D eigenvalue weighted by Gasteiger charge is -1.91. The van der Waals surface area contributed by atoms with Crippen molar-refractivity contribution in [3.8, 4) is 11.4 Å². The van der Waals surface area contributed by atoms with Crippen molar-refractivity contribution in [2.24, 2.45) is 0 Å². The van der Waals surface area contributed by atoms with Crippen LogP contribution >= 0.6 is 0 Å². The zero-order chi connectivity index (χ0) is 11.0. The van der Waals surface area contributed by atoms with Gasteiger partial charge in [0.2, 0.25) is 0 Å². The molecule has 0 saturated heterocycles. The van der Waals surface area contributed by atoms with E-state index in [9.17, 15) is 0 Å². The standard InChI is InChI=1S/C11H9N5/c12-9-6-13-11-14-10(15-16(11)7-9)8-4-2-1-3-5-8/h1-7H,12H2. The molecule has 0 saturated carbocycles. The average Bonchev–Trinajstić information content (AvgIpc) is 2.73. The van der Waals surface area contributed by atoms with Gasteiger partial charge < -0.3 is 5.73 Å². The SMILES string of the molecule is Nc1cnc2nc(-c3ccccc3)nn2c1. The third-order valence-electron chi connectivity index (χ3n) is 2.25. The predicted octanol–water partition coefficient (Wildman–Crippen LogP) is 1.37. The van der Waals surface area contributed by atoms with Crippen molar-refractivity contribution in [1.29, 1.82) is 0 Å². The van der Waals surface area contributed by atoms with Crippen LogP contribution in [0.25, 0.3) is 17.2 Å². The molecule has 2 heterocycles. The van der Waals surface area contributed by atoms with Crippen molar-refractivity contribution in [2.45, 2.75) is 0 Å². The van der Waals surface area contributed by atoms with Crippen LogP contribution in [0.5, 0.6) is 0 Å². The maximum absolute atomic E-state index is 5.62. The highest BCUT2D eigenvalue weighted by Gasteiger charge is 2.06. The van der Waals surface area contributed by atoms with E-state index in [1.165, 1.54) is 0 Å². The number of hydrogen-bond acceptors (Lipinski definition) is 4. The van der Waals surface area contributed by atoms with Crippen LogP contribution in [-0.2, 0) is 0 Å². The Kier molecular flexibility index (Phi) is 1.83. The fourth-order valence-corrected chi connectivity index (χ4v) is 1.51. The van der Waals surface area contributed by atoms with Crippen molar-refractivity contribution in [1.82, 2.24) is 19.6 Å². The molecule has 0 aliphatic rings. The number of benzene rings is 1. The number of anilines is 1.